The molecule has 128 valence electrons. The zero-order chi connectivity index (χ0) is 17.1. The standard InChI is InChI=1S/C18H25N5O/c1-4-19-18(24)15-9-13-7-5-6-8-14(13)10-23(15)11-16-20-17(12(2)3)22-21-16/h5-8,12,15H,4,9-11H2,1-3H3,(H,19,24)(H,20,21,22)/t15-/m1/s1. The van der Waals surface area contributed by atoms with Crippen molar-refractivity contribution >= 4 is 5.91 Å². The van der Waals surface area contributed by atoms with Crippen molar-refractivity contribution in [2.24, 2.45) is 0 Å². The number of H-pyrrole nitrogens is 1. The number of likely N-dealkylation sites (N-methyl/N-ethyl adjacent to an activating group) is 1. The Morgan fingerprint density at radius 2 is 2.12 bits per heavy atom. The molecule has 1 aromatic carbocycles. The fourth-order valence-electron chi connectivity index (χ4n) is 3.13. The number of carbonyl (C=O) groups is 1. The van der Waals surface area contributed by atoms with Crippen molar-refractivity contribution in [1.82, 2.24) is 25.4 Å². The van der Waals surface area contributed by atoms with Crippen molar-refractivity contribution in [3.63, 3.8) is 0 Å². The topological polar surface area (TPSA) is 73.9 Å². The summed E-state index contributed by atoms with van der Waals surface area (Å²) in [5.74, 6) is 2.00. The summed E-state index contributed by atoms with van der Waals surface area (Å²) in [4.78, 5) is 19.3. The van der Waals surface area contributed by atoms with E-state index < -0.39 is 0 Å². The highest BCUT2D eigenvalue weighted by Gasteiger charge is 2.31. The van der Waals surface area contributed by atoms with Gasteiger partial charge >= 0.3 is 0 Å². The molecule has 0 aliphatic carbocycles. The monoisotopic (exact) mass is 327 g/mol. The number of aromatic amines is 1. The van der Waals surface area contributed by atoms with Gasteiger partial charge in [-0.2, -0.15) is 5.10 Å². The van der Waals surface area contributed by atoms with Crippen LogP contribution in [0.4, 0.5) is 0 Å². The Balaban J connectivity index is 1.83. The minimum atomic E-state index is -0.174. The molecule has 3 rings (SSSR count). The first kappa shape index (κ1) is 16.6. The number of nitrogens with one attached hydrogen (secondary N) is 2. The maximum Gasteiger partial charge on any atom is 0.237 e. The predicted octanol–water partition coefficient (Wildman–Crippen LogP) is 1.99. The summed E-state index contributed by atoms with van der Waals surface area (Å²) in [6, 6.07) is 8.16. The van der Waals surface area contributed by atoms with Crippen molar-refractivity contribution in [1.29, 1.82) is 0 Å². The molecule has 1 aromatic heterocycles. The number of benzene rings is 1. The lowest BCUT2D eigenvalue weighted by Gasteiger charge is -2.35. The van der Waals surface area contributed by atoms with Crippen LogP contribution in [0.1, 0.15) is 49.5 Å². The van der Waals surface area contributed by atoms with Crippen LogP contribution in [0.15, 0.2) is 24.3 Å². The zero-order valence-electron chi connectivity index (χ0n) is 14.5. The van der Waals surface area contributed by atoms with Gasteiger partial charge in [-0.05, 0) is 24.5 Å². The van der Waals surface area contributed by atoms with Gasteiger partial charge in [-0.25, -0.2) is 4.98 Å². The quantitative estimate of drug-likeness (QED) is 0.881. The summed E-state index contributed by atoms with van der Waals surface area (Å²) in [5.41, 5.74) is 2.53. The lowest BCUT2D eigenvalue weighted by molar-refractivity contribution is -0.127. The number of carbonyl (C=O) groups excluding carboxylic acids is 1. The van der Waals surface area contributed by atoms with Gasteiger partial charge in [0.05, 0.1) is 12.6 Å². The molecular weight excluding hydrogens is 302 g/mol. The van der Waals surface area contributed by atoms with E-state index in [2.05, 4.69) is 57.4 Å². The molecule has 0 fully saturated rings. The second kappa shape index (κ2) is 7.13. The number of amides is 1. The molecule has 1 aliphatic rings. The lowest BCUT2D eigenvalue weighted by Crippen LogP contribution is -2.49. The molecule has 2 heterocycles. The molecule has 6 nitrogen and oxygen atoms in total. The second-order valence-electron chi connectivity index (χ2n) is 6.58. The van der Waals surface area contributed by atoms with Crippen LogP contribution in [0.25, 0.3) is 0 Å². The van der Waals surface area contributed by atoms with Crippen LogP contribution in [0.2, 0.25) is 0 Å². The van der Waals surface area contributed by atoms with E-state index in [1.54, 1.807) is 0 Å². The molecule has 0 radical (unpaired) electrons. The third-order valence-electron chi connectivity index (χ3n) is 4.42. The average molecular weight is 327 g/mol. The van der Waals surface area contributed by atoms with E-state index in [-0.39, 0.29) is 17.9 Å². The molecule has 6 heteroatoms. The van der Waals surface area contributed by atoms with Crippen molar-refractivity contribution in [3.05, 3.63) is 47.0 Å². The van der Waals surface area contributed by atoms with Gasteiger partial charge in [-0.1, -0.05) is 38.1 Å². The highest BCUT2D eigenvalue weighted by Crippen LogP contribution is 2.24. The number of nitrogens with zero attached hydrogens (tertiary/aromatic N) is 3. The minimum Gasteiger partial charge on any atom is -0.355 e. The van der Waals surface area contributed by atoms with E-state index in [4.69, 9.17) is 0 Å². The summed E-state index contributed by atoms with van der Waals surface area (Å²) in [6.07, 6.45) is 0.729. The normalized spacial score (nSPS) is 17.8. The Morgan fingerprint density at radius 3 is 2.79 bits per heavy atom. The van der Waals surface area contributed by atoms with E-state index in [0.717, 1.165) is 24.6 Å². The average Bonchev–Trinajstić information content (AvgIpc) is 3.03. The molecule has 0 spiro atoms. The number of hydrogen-bond acceptors (Lipinski definition) is 4. The van der Waals surface area contributed by atoms with E-state index >= 15 is 0 Å². The first-order chi connectivity index (χ1) is 11.6. The van der Waals surface area contributed by atoms with Gasteiger partial charge in [0, 0.05) is 19.0 Å². The van der Waals surface area contributed by atoms with E-state index in [1.807, 2.05) is 13.0 Å². The Kier molecular flexibility index (Phi) is 4.94. The first-order valence-corrected chi connectivity index (χ1v) is 8.58. The maximum absolute atomic E-state index is 12.5. The number of aromatic nitrogens is 3. The molecule has 1 aliphatic heterocycles. The number of rotatable bonds is 5. The van der Waals surface area contributed by atoms with Gasteiger partial charge in [-0.3, -0.25) is 14.8 Å². The number of hydrogen-bond donors (Lipinski definition) is 2. The van der Waals surface area contributed by atoms with Crippen molar-refractivity contribution in [3.8, 4) is 0 Å². The van der Waals surface area contributed by atoms with E-state index in [9.17, 15) is 4.79 Å². The largest absolute Gasteiger partial charge is 0.355 e. The van der Waals surface area contributed by atoms with Crippen molar-refractivity contribution in [2.75, 3.05) is 6.54 Å². The molecule has 0 saturated heterocycles. The Hall–Kier alpha value is -2.21. The van der Waals surface area contributed by atoms with Crippen LogP contribution in [0, 0.1) is 0 Å². The Labute approximate surface area is 142 Å². The van der Waals surface area contributed by atoms with Crippen molar-refractivity contribution in [2.45, 2.75) is 52.2 Å². The van der Waals surface area contributed by atoms with Crippen LogP contribution in [0.3, 0.4) is 0 Å². The highest BCUT2D eigenvalue weighted by molar-refractivity contribution is 5.82. The third kappa shape index (κ3) is 3.48. The number of fused-ring (bicyclic) bond motifs is 1. The molecule has 0 unspecified atom stereocenters. The predicted molar refractivity (Wildman–Crippen MR) is 92.3 cm³/mol. The van der Waals surface area contributed by atoms with Gasteiger partial charge < -0.3 is 5.32 Å². The van der Waals surface area contributed by atoms with Gasteiger partial charge in [0.1, 0.15) is 5.82 Å². The smallest absolute Gasteiger partial charge is 0.237 e. The van der Waals surface area contributed by atoms with Crippen LogP contribution < -0.4 is 5.32 Å². The first-order valence-electron chi connectivity index (χ1n) is 8.58. The minimum absolute atomic E-state index is 0.0793. The summed E-state index contributed by atoms with van der Waals surface area (Å²) < 4.78 is 0. The van der Waals surface area contributed by atoms with Gasteiger partial charge in [-0.15, -0.1) is 0 Å². The lowest BCUT2D eigenvalue weighted by atomic mass is 9.93. The fraction of sp³-hybridized carbons (Fsp3) is 0.500. The molecule has 24 heavy (non-hydrogen) atoms. The van der Waals surface area contributed by atoms with Crippen LogP contribution in [-0.4, -0.2) is 38.6 Å². The molecule has 0 bridgehead atoms. The summed E-state index contributed by atoms with van der Waals surface area (Å²) >= 11 is 0. The highest BCUT2D eigenvalue weighted by atomic mass is 16.2. The molecule has 2 aromatic rings. The Morgan fingerprint density at radius 1 is 1.38 bits per heavy atom. The van der Waals surface area contributed by atoms with Gasteiger partial charge in [0.15, 0.2) is 5.82 Å². The van der Waals surface area contributed by atoms with Crippen LogP contribution in [0.5, 0.6) is 0 Å². The second-order valence-corrected chi connectivity index (χ2v) is 6.58. The van der Waals surface area contributed by atoms with E-state index in [0.29, 0.717) is 13.1 Å². The van der Waals surface area contributed by atoms with E-state index in [1.165, 1.54) is 11.1 Å². The summed E-state index contributed by atoms with van der Waals surface area (Å²) in [5, 5.41) is 10.2. The van der Waals surface area contributed by atoms with Gasteiger partial charge in [0.2, 0.25) is 5.91 Å². The molecule has 0 saturated carbocycles. The maximum atomic E-state index is 12.5. The summed E-state index contributed by atoms with van der Waals surface area (Å²) in [7, 11) is 0. The molecule has 1 atom stereocenters. The molecule has 2 N–H and O–H groups in total. The van der Waals surface area contributed by atoms with Crippen LogP contribution >= 0.6 is 0 Å². The zero-order valence-corrected chi connectivity index (χ0v) is 14.5. The SMILES string of the molecule is CCNC(=O)[C@H]1Cc2ccccc2CN1Cc1nc(C(C)C)n[nH]1. The van der Waals surface area contributed by atoms with Crippen molar-refractivity contribution < 1.29 is 4.79 Å². The summed E-state index contributed by atoms with van der Waals surface area (Å²) in [6.45, 7) is 8.07. The Bertz CT molecular complexity index is 709. The van der Waals surface area contributed by atoms with Crippen LogP contribution in [-0.2, 0) is 24.3 Å². The molecule has 1 amide bonds. The van der Waals surface area contributed by atoms with Gasteiger partial charge in [0.25, 0.3) is 0 Å². The fourth-order valence-corrected chi connectivity index (χ4v) is 3.13. The molecular formula is C18H25N5O. The third-order valence-corrected chi connectivity index (χ3v) is 4.42.